The summed E-state index contributed by atoms with van der Waals surface area (Å²) in [6.45, 7) is 4.51. The SMILES string of the molecule is CC(C)Nc1cnn(Cc2cccc(Br)c2)c(=O)c1. The topological polar surface area (TPSA) is 46.9 Å². The molecule has 2 rings (SSSR count). The van der Waals surface area contributed by atoms with Crippen molar-refractivity contribution < 1.29 is 0 Å². The maximum absolute atomic E-state index is 12.0. The van der Waals surface area contributed by atoms with Gasteiger partial charge in [0.1, 0.15) is 0 Å². The van der Waals surface area contributed by atoms with Crippen molar-refractivity contribution in [1.29, 1.82) is 0 Å². The Morgan fingerprint density at radius 2 is 2.16 bits per heavy atom. The molecule has 0 radical (unpaired) electrons. The molecule has 4 nitrogen and oxygen atoms in total. The molecule has 0 amide bonds. The first kappa shape index (κ1) is 13.8. The molecule has 19 heavy (non-hydrogen) atoms. The fraction of sp³-hybridized carbons (Fsp3) is 0.286. The molecule has 1 aromatic carbocycles. The van der Waals surface area contributed by atoms with Gasteiger partial charge in [-0.3, -0.25) is 4.79 Å². The maximum Gasteiger partial charge on any atom is 0.269 e. The van der Waals surface area contributed by atoms with E-state index in [1.807, 2.05) is 38.1 Å². The van der Waals surface area contributed by atoms with Crippen molar-refractivity contribution in [2.24, 2.45) is 0 Å². The minimum atomic E-state index is -0.106. The summed E-state index contributed by atoms with van der Waals surface area (Å²) in [6.07, 6.45) is 1.68. The summed E-state index contributed by atoms with van der Waals surface area (Å²) in [5.41, 5.74) is 1.68. The lowest BCUT2D eigenvalue weighted by Crippen LogP contribution is -2.24. The summed E-state index contributed by atoms with van der Waals surface area (Å²) >= 11 is 3.41. The molecule has 0 saturated heterocycles. The highest BCUT2D eigenvalue weighted by Crippen LogP contribution is 2.12. The Morgan fingerprint density at radius 3 is 2.79 bits per heavy atom. The van der Waals surface area contributed by atoms with Crippen LogP contribution in [-0.2, 0) is 6.54 Å². The van der Waals surface area contributed by atoms with Crippen LogP contribution in [0.5, 0.6) is 0 Å². The van der Waals surface area contributed by atoms with Gasteiger partial charge in [-0.15, -0.1) is 0 Å². The molecule has 0 atom stereocenters. The minimum Gasteiger partial charge on any atom is -0.381 e. The van der Waals surface area contributed by atoms with E-state index < -0.39 is 0 Å². The third-order valence-electron chi connectivity index (χ3n) is 2.55. The third-order valence-corrected chi connectivity index (χ3v) is 3.04. The van der Waals surface area contributed by atoms with Crippen LogP contribution in [0.1, 0.15) is 19.4 Å². The van der Waals surface area contributed by atoms with E-state index in [-0.39, 0.29) is 11.6 Å². The van der Waals surface area contributed by atoms with Gasteiger partial charge in [-0.05, 0) is 31.5 Å². The van der Waals surface area contributed by atoms with E-state index in [0.717, 1.165) is 15.7 Å². The standard InChI is InChI=1S/C14H16BrN3O/c1-10(2)17-13-7-14(19)18(16-8-13)9-11-4-3-5-12(15)6-11/h3-8,10,17H,9H2,1-2H3. The Bertz CT molecular complexity index is 622. The van der Waals surface area contributed by atoms with Gasteiger partial charge in [-0.2, -0.15) is 5.10 Å². The van der Waals surface area contributed by atoms with Gasteiger partial charge in [0, 0.05) is 16.6 Å². The largest absolute Gasteiger partial charge is 0.381 e. The van der Waals surface area contributed by atoms with Gasteiger partial charge in [0.2, 0.25) is 0 Å². The average molecular weight is 322 g/mol. The van der Waals surface area contributed by atoms with Gasteiger partial charge in [-0.25, -0.2) is 4.68 Å². The minimum absolute atomic E-state index is 0.106. The average Bonchev–Trinajstić information content (AvgIpc) is 2.32. The summed E-state index contributed by atoms with van der Waals surface area (Å²) in [5, 5.41) is 7.35. The van der Waals surface area contributed by atoms with E-state index in [1.54, 1.807) is 12.3 Å². The smallest absolute Gasteiger partial charge is 0.269 e. The molecule has 0 aliphatic carbocycles. The van der Waals surface area contributed by atoms with Crippen molar-refractivity contribution in [2.45, 2.75) is 26.4 Å². The molecule has 0 bridgehead atoms. The predicted molar refractivity (Wildman–Crippen MR) is 80.5 cm³/mol. The van der Waals surface area contributed by atoms with Gasteiger partial charge in [-0.1, -0.05) is 28.1 Å². The lowest BCUT2D eigenvalue weighted by atomic mass is 10.2. The molecule has 2 aromatic rings. The zero-order valence-electron chi connectivity index (χ0n) is 10.9. The molecule has 1 aromatic heterocycles. The summed E-state index contributed by atoms with van der Waals surface area (Å²) < 4.78 is 2.45. The van der Waals surface area contributed by atoms with Crippen molar-refractivity contribution in [2.75, 3.05) is 5.32 Å². The van der Waals surface area contributed by atoms with Crippen LogP contribution < -0.4 is 10.9 Å². The van der Waals surface area contributed by atoms with Crippen molar-refractivity contribution in [3.05, 3.63) is 56.9 Å². The number of benzene rings is 1. The number of aromatic nitrogens is 2. The molecule has 1 heterocycles. The van der Waals surface area contributed by atoms with Crippen LogP contribution in [-0.4, -0.2) is 15.8 Å². The first-order chi connectivity index (χ1) is 9.04. The first-order valence-corrected chi connectivity index (χ1v) is 6.92. The second-order valence-corrected chi connectivity index (χ2v) is 5.58. The normalized spacial score (nSPS) is 10.7. The number of rotatable bonds is 4. The number of anilines is 1. The summed E-state index contributed by atoms with van der Waals surface area (Å²) in [6, 6.07) is 9.70. The molecule has 5 heteroatoms. The second kappa shape index (κ2) is 6.02. The van der Waals surface area contributed by atoms with Crippen molar-refractivity contribution in [1.82, 2.24) is 9.78 Å². The number of halogens is 1. The Kier molecular flexibility index (Phi) is 4.37. The summed E-state index contributed by atoms with van der Waals surface area (Å²) in [5.74, 6) is 0. The monoisotopic (exact) mass is 321 g/mol. The fourth-order valence-electron chi connectivity index (χ4n) is 1.77. The predicted octanol–water partition coefficient (Wildman–Crippen LogP) is 2.87. The molecular weight excluding hydrogens is 306 g/mol. The molecule has 0 unspecified atom stereocenters. The number of hydrogen-bond acceptors (Lipinski definition) is 3. The van der Waals surface area contributed by atoms with Gasteiger partial charge in [0.15, 0.2) is 0 Å². The lowest BCUT2D eigenvalue weighted by Gasteiger charge is -2.10. The van der Waals surface area contributed by atoms with Crippen molar-refractivity contribution >= 4 is 21.6 Å². The van der Waals surface area contributed by atoms with Crippen molar-refractivity contribution in [3.8, 4) is 0 Å². The van der Waals surface area contributed by atoms with Crippen LogP contribution in [0.25, 0.3) is 0 Å². The van der Waals surface area contributed by atoms with Crippen LogP contribution in [0.4, 0.5) is 5.69 Å². The number of hydrogen-bond donors (Lipinski definition) is 1. The summed E-state index contributed by atoms with van der Waals surface area (Å²) in [7, 11) is 0. The van der Waals surface area contributed by atoms with Crippen LogP contribution >= 0.6 is 15.9 Å². The van der Waals surface area contributed by atoms with Crippen LogP contribution in [0.2, 0.25) is 0 Å². The van der Waals surface area contributed by atoms with Crippen molar-refractivity contribution in [3.63, 3.8) is 0 Å². The van der Waals surface area contributed by atoms with E-state index in [9.17, 15) is 4.79 Å². The van der Waals surface area contributed by atoms with E-state index in [4.69, 9.17) is 0 Å². The van der Waals surface area contributed by atoms with Crippen LogP contribution in [0.3, 0.4) is 0 Å². The molecule has 0 saturated carbocycles. The number of nitrogens with zero attached hydrogens (tertiary/aromatic N) is 2. The van der Waals surface area contributed by atoms with E-state index in [0.29, 0.717) is 6.54 Å². The van der Waals surface area contributed by atoms with Gasteiger partial charge in [0.05, 0.1) is 18.4 Å². The molecule has 1 N–H and O–H groups in total. The zero-order valence-corrected chi connectivity index (χ0v) is 12.5. The Morgan fingerprint density at radius 1 is 1.37 bits per heavy atom. The molecule has 0 aliphatic heterocycles. The quantitative estimate of drug-likeness (QED) is 0.941. The van der Waals surface area contributed by atoms with Gasteiger partial charge >= 0.3 is 0 Å². The number of nitrogens with one attached hydrogen (secondary N) is 1. The Hall–Kier alpha value is -1.62. The van der Waals surface area contributed by atoms with E-state index in [2.05, 4.69) is 26.3 Å². The fourth-order valence-corrected chi connectivity index (χ4v) is 2.22. The summed E-state index contributed by atoms with van der Waals surface area (Å²) in [4.78, 5) is 12.0. The molecule has 0 spiro atoms. The highest BCUT2D eigenvalue weighted by Gasteiger charge is 2.03. The molecule has 0 fully saturated rings. The highest BCUT2D eigenvalue weighted by atomic mass is 79.9. The molecule has 0 aliphatic rings. The second-order valence-electron chi connectivity index (χ2n) is 4.67. The highest BCUT2D eigenvalue weighted by molar-refractivity contribution is 9.10. The lowest BCUT2D eigenvalue weighted by molar-refractivity contribution is 0.638. The van der Waals surface area contributed by atoms with Gasteiger partial charge < -0.3 is 5.32 Å². The Labute approximate surface area is 120 Å². The zero-order chi connectivity index (χ0) is 13.8. The van der Waals surface area contributed by atoms with E-state index >= 15 is 0 Å². The van der Waals surface area contributed by atoms with Gasteiger partial charge in [0.25, 0.3) is 5.56 Å². The maximum atomic E-state index is 12.0. The molecular formula is C14H16BrN3O. The first-order valence-electron chi connectivity index (χ1n) is 6.13. The van der Waals surface area contributed by atoms with Crippen LogP contribution in [0.15, 0.2) is 45.8 Å². The Balaban J connectivity index is 2.20. The van der Waals surface area contributed by atoms with Crippen LogP contribution in [0, 0.1) is 0 Å². The van der Waals surface area contributed by atoms with E-state index in [1.165, 1.54) is 4.68 Å². The molecule has 100 valence electrons. The third kappa shape index (κ3) is 3.92.